The minimum absolute atomic E-state index is 0.0876. The molecule has 0 aliphatic heterocycles. The molecule has 0 spiro atoms. The predicted octanol–water partition coefficient (Wildman–Crippen LogP) is 3.55. The Balaban J connectivity index is 1.72. The van der Waals surface area contributed by atoms with E-state index in [1.54, 1.807) is 20.8 Å². The summed E-state index contributed by atoms with van der Waals surface area (Å²) in [7, 11) is 1.39. The molecule has 0 aromatic heterocycles. The third kappa shape index (κ3) is 5.22. The van der Waals surface area contributed by atoms with Crippen LogP contribution in [0.15, 0.2) is 48.5 Å². The monoisotopic (exact) mass is 468 g/mol. The van der Waals surface area contributed by atoms with E-state index in [-0.39, 0.29) is 19.1 Å². The number of hydrogen-bond acceptors (Lipinski definition) is 5. The van der Waals surface area contributed by atoms with Gasteiger partial charge in [0.1, 0.15) is 18.2 Å². The van der Waals surface area contributed by atoms with E-state index in [2.05, 4.69) is 10.6 Å². The fourth-order valence-corrected chi connectivity index (χ4v) is 4.25. The van der Waals surface area contributed by atoms with Crippen molar-refractivity contribution in [1.82, 2.24) is 10.6 Å². The number of nitrogens with one attached hydrogen (secondary N) is 2. The minimum Gasteiger partial charge on any atom is -0.480 e. The molecule has 8 nitrogen and oxygen atoms in total. The highest BCUT2D eigenvalue weighted by Crippen LogP contribution is 2.44. The molecule has 0 heterocycles. The number of hydrogen-bond donors (Lipinski definition) is 3. The first kappa shape index (κ1) is 25.2. The Morgan fingerprint density at radius 1 is 0.971 bits per heavy atom. The van der Waals surface area contributed by atoms with Gasteiger partial charge in [-0.15, -0.1) is 0 Å². The summed E-state index contributed by atoms with van der Waals surface area (Å²) in [5.74, 6) is -1.97. The summed E-state index contributed by atoms with van der Waals surface area (Å²) in [4.78, 5) is 37.4. The molecular formula is C26H32N2O6. The fraction of sp³-hybridized carbons (Fsp3) is 0.423. The van der Waals surface area contributed by atoms with Gasteiger partial charge in [-0.05, 0) is 34.6 Å². The maximum atomic E-state index is 13.0. The number of carbonyl (C=O) groups excluding carboxylic acids is 2. The Morgan fingerprint density at radius 3 is 1.97 bits per heavy atom. The number of rotatable bonds is 8. The van der Waals surface area contributed by atoms with Crippen LogP contribution in [0.5, 0.6) is 0 Å². The fourth-order valence-electron chi connectivity index (χ4n) is 4.25. The van der Waals surface area contributed by atoms with Gasteiger partial charge in [0.2, 0.25) is 5.91 Å². The van der Waals surface area contributed by atoms with Crippen molar-refractivity contribution in [3.05, 3.63) is 59.7 Å². The highest BCUT2D eigenvalue weighted by molar-refractivity contribution is 5.92. The minimum atomic E-state index is -1.53. The third-order valence-electron chi connectivity index (χ3n) is 6.04. The summed E-state index contributed by atoms with van der Waals surface area (Å²) in [6.45, 7) is 6.51. The Bertz CT molecular complexity index is 1030. The average molecular weight is 469 g/mol. The van der Waals surface area contributed by atoms with Crippen molar-refractivity contribution in [3.8, 4) is 11.1 Å². The van der Waals surface area contributed by atoms with Crippen molar-refractivity contribution in [2.75, 3.05) is 20.3 Å². The second-order valence-electron chi connectivity index (χ2n) is 9.83. The standard InChI is InChI=1S/C26H32N2O6/c1-25(2,3)21(22(29)30)27-23(31)26(4,15-33-5)28-24(32)34-14-20-18-12-8-6-10-16(18)17-11-7-9-13-19(17)20/h6-13,20-21H,14-15H2,1-5H3,(H,27,31)(H,28,32)(H,29,30)/t21-,26?/m1/s1. The molecule has 1 aliphatic rings. The predicted molar refractivity (Wildman–Crippen MR) is 128 cm³/mol. The number of carboxylic acid groups (broad SMARTS) is 1. The van der Waals surface area contributed by atoms with Crippen molar-refractivity contribution in [1.29, 1.82) is 0 Å². The molecule has 2 aromatic rings. The lowest BCUT2D eigenvalue weighted by Gasteiger charge is -2.33. The second kappa shape index (κ2) is 9.85. The molecule has 2 aromatic carbocycles. The maximum Gasteiger partial charge on any atom is 0.408 e. The molecule has 0 bridgehead atoms. The first-order valence-corrected chi connectivity index (χ1v) is 11.1. The molecule has 0 saturated carbocycles. The molecule has 1 unspecified atom stereocenters. The lowest BCUT2D eigenvalue weighted by molar-refractivity contribution is -0.146. The molecule has 3 N–H and O–H groups in total. The van der Waals surface area contributed by atoms with Gasteiger partial charge < -0.3 is 25.2 Å². The Kier molecular flexibility index (Phi) is 7.31. The van der Waals surface area contributed by atoms with Gasteiger partial charge in [0.15, 0.2) is 0 Å². The SMILES string of the molecule is COCC(C)(NC(=O)OCC1c2ccccc2-c2ccccc21)C(=O)N[C@H](C(=O)O)C(C)(C)C. The summed E-state index contributed by atoms with van der Waals surface area (Å²) in [6.07, 6.45) is -0.792. The van der Waals surface area contributed by atoms with Gasteiger partial charge in [-0.1, -0.05) is 69.3 Å². The number of alkyl carbamates (subject to hydrolysis) is 1. The molecule has 34 heavy (non-hydrogen) atoms. The Hall–Kier alpha value is -3.39. The largest absolute Gasteiger partial charge is 0.480 e. The van der Waals surface area contributed by atoms with E-state index in [0.717, 1.165) is 22.3 Å². The summed E-state index contributed by atoms with van der Waals surface area (Å²) in [5.41, 5.74) is 2.09. The zero-order chi connectivity index (χ0) is 25.1. The van der Waals surface area contributed by atoms with Crippen LogP contribution >= 0.6 is 0 Å². The van der Waals surface area contributed by atoms with E-state index < -0.39 is 35.0 Å². The van der Waals surface area contributed by atoms with Gasteiger partial charge in [-0.2, -0.15) is 0 Å². The van der Waals surface area contributed by atoms with Gasteiger partial charge >= 0.3 is 12.1 Å². The van der Waals surface area contributed by atoms with Gasteiger partial charge in [-0.25, -0.2) is 9.59 Å². The molecule has 2 amide bonds. The van der Waals surface area contributed by atoms with E-state index in [0.29, 0.717) is 0 Å². The van der Waals surface area contributed by atoms with E-state index in [9.17, 15) is 19.5 Å². The number of methoxy groups -OCH3 is 1. The molecule has 1 aliphatic carbocycles. The number of carboxylic acids is 1. The van der Waals surface area contributed by atoms with Crippen molar-refractivity contribution in [2.45, 2.75) is 45.2 Å². The van der Waals surface area contributed by atoms with Crippen LogP contribution < -0.4 is 10.6 Å². The molecule has 182 valence electrons. The lowest BCUT2D eigenvalue weighted by Crippen LogP contribution is -2.63. The number of benzene rings is 2. The molecule has 0 fully saturated rings. The molecule has 2 atom stereocenters. The normalized spacial score (nSPS) is 15.4. The summed E-state index contributed by atoms with van der Waals surface area (Å²) in [5, 5.41) is 14.6. The maximum absolute atomic E-state index is 13.0. The van der Waals surface area contributed by atoms with Crippen LogP contribution in [-0.4, -0.2) is 55.0 Å². The number of aliphatic carboxylic acids is 1. The van der Waals surface area contributed by atoms with Gasteiger partial charge in [-0.3, -0.25) is 4.79 Å². The van der Waals surface area contributed by atoms with E-state index in [4.69, 9.17) is 9.47 Å². The van der Waals surface area contributed by atoms with Gasteiger partial charge in [0, 0.05) is 13.0 Å². The molecule has 3 rings (SSSR count). The summed E-state index contributed by atoms with van der Waals surface area (Å²) >= 11 is 0. The van der Waals surface area contributed by atoms with Crippen molar-refractivity contribution in [3.63, 3.8) is 0 Å². The quantitative estimate of drug-likeness (QED) is 0.546. The summed E-state index contributed by atoms with van der Waals surface area (Å²) < 4.78 is 10.7. The van der Waals surface area contributed by atoms with Crippen LogP contribution in [0.2, 0.25) is 0 Å². The summed E-state index contributed by atoms with van der Waals surface area (Å²) in [6, 6.07) is 14.8. The van der Waals surface area contributed by atoms with Crippen molar-refractivity contribution < 1.29 is 29.0 Å². The van der Waals surface area contributed by atoms with Gasteiger partial charge in [0.05, 0.1) is 6.61 Å². The van der Waals surface area contributed by atoms with Crippen LogP contribution in [0.3, 0.4) is 0 Å². The van der Waals surface area contributed by atoms with E-state index in [1.165, 1.54) is 14.0 Å². The first-order chi connectivity index (χ1) is 16.0. The number of fused-ring (bicyclic) bond motifs is 3. The average Bonchev–Trinajstić information content (AvgIpc) is 3.08. The number of amides is 2. The van der Waals surface area contributed by atoms with Crippen LogP contribution in [-0.2, 0) is 19.1 Å². The zero-order valence-corrected chi connectivity index (χ0v) is 20.2. The van der Waals surface area contributed by atoms with Crippen molar-refractivity contribution >= 4 is 18.0 Å². The van der Waals surface area contributed by atoms with Crippen molar-refractivity contribution in [2.24, 2.45) is 5.41 Å². The first-order valence-electron chi connectivity index (χ1n) is 11.1. The van der Waals surface area contributed by atoms with E-state index >= 15 is 0 Å². The Labute approximate surface area is 199 Å². The van der Waals surface area contributed by atoms with Crippen LogP contribution in [0.1, 0.15) is 44.7 Å². The molecular weight excluding hydrogens is 436 g/mol. The topological polar surface area (TPSA) is 114 Å². The molecule has 0 saturated heterocycles. The van der Waals surface area contributed by atoms with E-state index in [1.807, 2.05) is 48.5 Å². The van der Waals surface area contributed by atoms with Crippen LogP contribution in [0.25, 0.3) is 11.1 Å². The third-order valence-corrected chi connectivity index (χ3v) is 6.04. The van der Waals surface area contributed by atoms with Gasteiger partial charge in [0.25, 0.3) is 0 Å². The zero-order valence-electron chi connectivity index (χ0n) is 20.2. The lowest BCUT2D eigenvalue weighted by atomic mass is 9.86. The smallest absolute Gasteiger partial charge is 0.408 e. The Morgan fingerprint density at radius 2 is 1.50 bits per heavy atom. The van der Waals surface area contributed by atoms with Crippen LogP contribution in [0, 0.1) is 5.41 Å². The number of carbonyl (C=O) groups is 3. The molecule has 0 radical (unpaired) electrons. The number of ether oxygens (including phenoxy) is 2. The van der Waals surface area contributed by atoms with Crippen LogP contribution in [0.4, 0.5) is 4.79 Å². The highest BCUT2D eigenvalue weighted by Gasteiger charge is 2.41. The highest BCUT2D eigenvalue weighted by atomic mass is 16.5. The molecule has 8 heteroatoms. The second-order valence-corrected chi connectivity index (χ2v) is 9.83.